The van der Waals surface area contributed by atoms with Gasteiger partial charge in [0.25, 0.3) is 11.1 Å². The molecule has 0 unspecified atom stereocenters. The molecule has 0 saturated carbocycles. The van der Waals surface area contributed by atoms with E-state index < -0.39 is 0 Å². The number of nitrogens with one attached hydrogen (secondary N) is 2. The molecule has 0 spiro atoms. The zero-order valence-corrected chi connectivity index (χ0v) is 22.6. The second-order valence-electron chi connectivity index (χ2n) is 11.7. The van der Waals surface area contributed by atoms with Gasteiger partial charge in [-0.2, -0.15) is 0 Å². The number of nitrogens with zero attached hydrogens (tertiary/aromatic N) is 2. The van der Waals surface area contributed by atoms with Gasteiger partial charge in [-0.1, -0.05) is 65.8 Å². The topological polar surface area (TPSA) is 91.5 Å². The lowest BCUT2D eigenvalue weighted by molar-refractivity contribution is 0.591. The summed E-state index contributed by atoms with van der Waals surface area (Å²) in [7, 11) is 0. The summed E-state index contributed by atoms with van der Waals surface area (Å²) in [6, 6.07) is 22.6. The van der Waals surface area contributed by atoms with Crippen LogP contribution in [0.3, 0.4) is 0 Å². The van der Waals surface area contributed by atoms with Gasteiger partial charge in [0.05, 0.1) is 22.1 Å². The van der Waals surface area contributed by atoms with Gasteiger partial charge in [-0.15, -0.1) is 0 Å². The molecule has 0 fully saturated rings. The summed E-state index contributed by atoms with van der Waals surface area (Å²) in [5, 5.41) is 1.48. The van der Waals surface area contributed by atoms with E-state index in [1.54, 1.807) is 12.1 Å². The number of rotatable bonds is 0. The molecule has 6 nitrogen and oxygen atoms in total. The summed E-state index contributed by atoms with van der Waals surface area (Å²) >= 11 is 0. The molecule has 0 saturated heterocycles. The fourth-order valence-corrected chi connectivity index (χ4v) is 4.46. The van der Waals surface area contributed by atoms with Crippen molar-refractivity contribution in [3.8, 4) is 0 Å². The van der Waals surface area contributed by atoms with E-state index in [1.165, 1.54) is 0 Å². The second kappa shape index (κ2) is 9.21. The van der Waals surface area contributed by atoms with Crippen molar-refractivity contribution in [3.63, 3.8) is 0 Å². The zero-order valence-electron chi connectivity index (χ0n) is 22.6. The maximum Gasteiger partial charge on any atom is 0.274 e. The lowest BCUT2D eigenvalue weighted by atomic mass is 9.86. The fourth-order valence-electron chi connectivity index (χ4n) is 4.46. The molecule has 5 aromatic rings. The van der Waals surface area contributed by atoms with E-state index in [4.69, 9.17) is 9.97 Å². The highest BCUT2D eigenvalue weighted by molar-refractivity contribution is 5.95. The number of hydrogen-bond acceptors (Lipinski definition) is 4. The second-order valence-corrected chi connectivity index (χ2v) is 11.7. The van der Waals surface area contributed by atoms with Crippen molar-refractivity contribution in [2.75, 3.05) is 0 Å². The molecule has 4 bridgehead atoms. The van der Waals surface area contributed by atoms with Crippen LogP contribution in [0.15, 0.2) is 82.4 Å². The quantitative estimate of drug-likeness (QED) is 0.244. The van der Waals surface area contributed by atoms with E-state index >= 15 is 0 Å². The Labute approximate surface area is 220 Å². The van der Waals surface area contributed by atoms with Crippen molar-refractivity contribution in [1.82, 2.24) is 19.9 Å². The highest BCUT2D eigenvalue weighted by Crippen LogP contribution is 2.27. The molecule has 5 rings (SSSR count). The summed E-state index contributed by atoms with van der Waals surface area (Å²) in [4.78, 5) is 42.4. The van der Waals surface area contributed by atoms with E-state index in [9.17, 15) is 9.59 Å². The van der Waals surface area contributed by atoms with E-state index in [-0.39, 0.29) is 33.0 Å². The van der Waals surface area contributed by atoms with Crippen molar-refractivity contribution < 1.29 is 0 Å². The third-order valence-electron chi connectivity index (χ3n) is 6.78. The first kappa shape index (κ1) is 25.3. The van der Waals surface area contributed by atoms with Crippen LogP contribution in [0.25, 0.3) is 43.9 Å². The van der Waals surface area contributed by atoms with Gasteiger partial charge in [0.2, 0.25) is 0 Å². The summed E-state index contributed by atoms with van der Waals surface area (Å²) in [5.74, 6) is 0. The molecule has 38 heavy (non-hydrogen) atoms. The predicted molar refractivity (Wildman–Crippen MR) is 157 cm³/mol. The van der Waals surface area contributed by atoms with Crippen LogP contribution in [0.1, 0.15) is 52.7 Å². The molecule has 0 aliphatic rings. The third kappa shape index (κ3) is 4.94. The van der Waals surface area contributed by atoms with Crippen LogP contribution in [0.5, 0.6) is 0 Å². The number of aromatic nitrogens is 4. The molecular weight excluding hydrogens is 472 g/mol. The predicted octanol–water partition coefficient (Wildman–Crippen LogP) is 6.75. The van der Waals surface area contributed by atoms with E-state index in [2.05, 4.69) is 51.5 Å². The fraction of sp³-hybridized carbons (Fsp3) is 0.250. The molecule has 2 aromatic carbocycles. The largest absolute Gasteiger partial charge is 0.320 e. The lowest BCUT2D eigenvalue weighted by Gasteiger charge is -2.19. The average Bonchev–Trinajstić information content (AvgIpc) is 2.87. The molecule has 3 heterocycles. The molecule has 0 radical (unpaired) electrons. The highest BCUT2D eigenvalue weighted by Gasteiger charge is 2.15. The number of benzene rings is 2. The minimum Gasteiger partial charge on any atom is -0.320 e. The molecule has 2 N–H and O–H groups in total. The first-order valence-electron chi connectivity index (χ1n) is 12.8. The van der Waals surface area contributed by atoms with Gasteiger partial charge in [-0.05, 0) is 70.5 Å². The molecule has 0 aliphatic heterocycles. The van der Waals surface area contributed by atoms with E-state index in [0.717, 1.165) is 21.9 Å². The SMILES string of the molecule is CC(C)(C)c1ccc2[nH]c(=O)c3cccc(n3)c3cc(C(C)(C)C)ccc3[nH]c(=O)c3cccc(n3)c2c1. The van der Waals surface area contributed by atoms with Crippen LogP contribution in [-0.2, 0) is 10.8 Å². The average molecular weight is 505 g/mol. The Morgan fingerprint density at radius 1 is 0.526 bits per heavy atom. The molecule has 0 amide bonds. The van der Waals surface area contributed by atoms with Crippen molar-refractivity contribution in [2.24, 2.45) is 0 Å². The molecule has 6 heteroatoms. The van der Waals surface area contributed by atoms with Gasteiger partial charge >= 0.3 is 0 Å². The van der Waals surface area contributed by atoms with Gasteiger partial charge in [0.1, 0.15) is 11.0 Å². The van der Waals surface area contributed by atoms with E-state index in [1.807, 2.05) is 60.7 Å². The Hall–Kier alpha value is -4.32. The normalized spacial score (nSPS) is 12.2. The van der Waals surface area contributed by atoms with Crippen molar-refractivity contribution in [1.29, 1.82) is 0 Å². The van der Waals surface area contributed by atoms with Crippen LogP contribution < -0.4 is 11.1 Å². The number of hydrogen-bond donors (Lipinski definition) is 2. The number of aromatic amines is 2. The first-order valence-corrected chi connectivity index (χ1v) is 12.8. The summed E-state index contributed by atoms with van der Waals surface area (Å²) in [6.45, 7) is 12.8. The molecule has 0 aliphatic carbocycles. The monoisotopic (exact) mass is 504 g/mol. The first-order chi connectivity index (χ1) is 17.9. The molecule has 192 valence electrons. The van der Waals surface area contributed by atoms with Crippen LogP contribution in [0.4, 0.5) is 0 Å². The number of H-pyrrole nitrogens is 2. The van der Waals surface area contributed by atoms with Crippen molar-refractivity contribution >= 4 is 43.9 Å². The van der Waals surface area contributed by atoms with Gasteiger partial charge in [0.15, 0.2) is 0 Å². The van der Waals surface area contributed by atoms with Crippen LogP contribution in [-0.4, -0.2) is 19.9 Å². The minimum atomic E-state index is -0.317. The Morgan fingerprint density at radius 2 is 0.895 bits per heavy atom. The summed E-state index contributed by atoms with van der Waals surface area (Å²) in [6.07, 6.45) is 0. The van der Waals surface area contributed by atoms with Crippen LogP contribution >= 0.6 is 0 Å². The summed E-state index contributed by atoms with van der Waals surface area (Å²) in [5.41, 5.74) is 4.29. The standard InChI is InChI=1S/C32H32N4O2/c1-31(2,3)19-13-15-25-21(17-19)23-9-7-11-27(33-23)30(38)36-26-16-14-20(32(4,5)6)18-22(26)24-10-8-12-28(34-24)29(37)35-25/h7-18H,1-6H3,(H,35,37)(H,36,38). The van der Waals surface area contributed by atoms with Crippen molar-refractivity contribution in [3.05, 3.63) is 105 Å². The van der Waals surface area contributed by atoms with Gasteiger partial charge < -0.3 is 9.97 Å². The van der Waals surface area contributed by atoms with E-state index in [0.29, 0.717) is 22.1 Å². The van der Waals surface area contributed by atoms with Gasteiger partial charge in [-0.25, -0.2) is 9.97 Å². The van der Waals surface area contributed by atoms with Gasteiger partial charge in [-0.3, -0.25) is 9.59 Å². The Bertz CT molecular complexity index is 1790. The molecule has 0 atom stereocenters. The summed E-state index contributed by atoms with van der Waals surface area (Å²) < 4.78 is 0. The Kier molecular flexibility index (Phi) is 6.14. The number of fused-ring (bicyclic) bond motifs is 8. The Balaban J connectivity index is 2.04. The number of pyridine rings is 2. The maximum atomic E-state index is 13.4. The van der Waals surface area contributed by atoms with Gasteiger partial charge in [0, 0.05) is 10.8 Å². The van der Waals surface area contributed by atoms with Crippen molar-refractivity contribution in [2.45, 2.75) is 52.4 Å². The zero-order chi connectivity index (χ0) is 27.2. The molecule has 3 aromatic heterocycles. The van der Waals surface area contributed by atoms with Crippen LogP contribution in [0.2, 0.25) is 0 Å². The lowest BCUT2D eigenvalue weighted by Crippen LogP contribution is -2.11. The Morgan fingerprint density at radius 3 is 1.26 bits per heavy atom. The molecular formula is C32H32N4O2. The third-order valence-corrected chi connectivity index (χ3v) is 6.78. The minimum absolute atomic E-state index is 0.112. The highest BCUT2D eigenvalue weighted by atomic mass is 16.1. The smallest absolute Gasteiger partial charge is 0.274 e. The maximum absolute atomic E-state index is 13.4. The van der Waals surface area contributed by atoms with Crippen LogP contribution in [0, 0.1) is 0 Å².